The maximum Gasteiger partial charge on any atom is 0.262 e. The van der Waals surface area contributed by atoms with Crippen molar-refractivity contribution in [1.29, 1.82) is 0 Å². The van der Waals surface area contributed by atoms with Gasteiger partial charge in [0.1, 0.15) is 17.9 Å². The summed E-state index contributed by atoms with van der Waals surface area (Å²) in [4.78, 5) is 35.2. The fourth-order valence-electron chi connectivity index (χ4n) is 4.79. The molecule has 10 heteroatoms. The fourth-order valence-corrected chi connectivity index (χ4v) is 5.65. The van der Waals surface area contributed by atoms with E-state index in [1.54, 1.807) is 6.20 Å². The Balaban J connectivity index is 1.45. The highest BCUT2D eigenvalue weighted by Crippen LogP contribution is 2.42. The molecule has 1 saturated heterocycles. The van der Waals surface area contributed by atoms with Crippen LogP contribution in [0.25, 0.3) is 21.1 Å². The van der Waals surface area contributed by atoms with Crippen LogP contribution in [0.2, 0.25) is 0 Å². The summed E-state index contributed by atoms with van der Waals surface area (Å²) in [5.41, 5.74) is 1.10. The molecule has 1 N–H and O–H groups in total. The summed E-state index contributed by atoms with van der Waals surface area (Å²) in [5.74, 6) is -0.708. The lowest BCUT2D eigenvalue weighted by Gasteiger charge is -2.37. The van der Waals surface area contributed by atoms with Gasteiger partial charge in [0.05, 0.1) is 27.2 Å². The Labute approximate surface area is 204 Å². The molecular formula is C25H24FN5O3S. The molecule has 4 aromatic rings. The molecule has 1 amide bonds. The van der Waals surface area contributed by atoms with Gasteiger partial charge in [-0.25, -0.2) is 9.37 Å². The van der Waals surface area contributed by atoms with E-state index in [4.69, 9.17) is 4.74 Å². The van der Waals surface area contributed by atoms with Gasteiger partial charge in [0.2, 0.25) is 5.43 Å². The normalized spacial score (nSPS) is 18.1. The van der Waals surface area contributed by atoms with Gasteiger partial charge in [0.25, 0.3) is 5.91 Å². The average molecular weight is 494 g/mol. The van der Waals surface area contributed by atoms with Gasteiger partial charge in [-0.3, -0.25) is 14.9 Å². The summed E-state index contributed by atoms with van der Waals surface area (Å²) >= 11 is 1.33. The number of para-hydroxylation sites is 1. The number of anilines is 2. The van der Waals surface area contributed by atoms with Crippen LogP contribution in [0.3, 0.4) is 0 Å². The van der Waals surface area contributed by atoms with Gasteiger partial charge in [-0.15, -0.1) is 0 Å². The molecule has 0 bridgehead atoms. The number of ether oxygens (including phenoxy) is 1. The fraction of sp³-hybridized carbons (Fsp3) is 0.320. The quantitative estimate of drug-likeness (QED) is 0.469. The Bertz CT molecular complexity index is 1510. The first kappa shape index (κ1) is 22.0. The second-order valence-electron chi connectivity index (χ2n) is 9.10. The first-order valence-electron chi connectivity index (χ1n) is 11.6. The molecule has 1 atom stereocenters. The highest BCUT2D eigenvalue weighted by atomic mass is 32.1. The lowest BCUT2D eigenvalue weighted by atomic mass is 10.0. The summed E-state index contributed by atoms with van der Waals surface area (Å²) in [6.45, 7) is 5.21. The van der Waals surface area contributed by atoms with Crippen molar-refractivity contribution in [1.82, 2.24) is 14.5 Å². The maximum absolute atomic E-state index is 15.5. The summed E-state index contributed by atoms with van der Waals surface area (Å²) in [7, 11) is 2.04. The minimum atomic E-state index is -0.566. The topological polar surface area (TPSA) is 79.7 Å². The van der Waals surface area contributed by atoms with E-state index in [9.17, 15) is 9.59 Å². The van der Waals surface area contributed by atoms with Crippen molar-refractivity contribution in [2.75, 3.05) is 50.1 Å². The van der Waals surface area contributed by atoms with E-state index in [1.807, 2.05) is 47.7 Å². The van der Waals surface area contributed by atoms with Crippen molar-refractivity contribution < 1.29 is 13.9 Å². The Morgan fingerprint density at radius 3 is 2.77 bits per heavy atom. The van der Waals surface area contributed by atoms with Gasteiger partial charge >= 0.3 is 0 Å². The summed E-state index contributed by atoms with van der Waals surface area (Å²) in [5, 5.41) is 3.29. The number of rotatable bonds is 3. The molecule has 2 aliphatic rings. The number of carbonyl (C=O) groups excluding carboxylic acids is 1. The third-order valence-electron chi connectivity index (χ3n) is 6.72. The number of fused-ring (bicyclic) bond motifs is 1. The van der Waals surface area contributed by atoms with E-state index in [-0.39, 0.29) is 17.0 Å². The average Bonchev–Trinajstić information content (AvgIpc) is 3.25. The molecule has 0 radical (unpaired) electrons. The largest absolute Gasteiger partial charge is 0.487 e. The van der Waals surface area contributed by atoms with Crippen LogP contribution in [-0.2, 0) is 0 Å². The van der Waals surface area contributed by atoms with E-state index >= 15 is 4.39 Å². The van der Waals surface area contributed by atoms with E-state index in [0.717, 1.165) is 23.3 Å². The number of carbonyl (C=O) groups is 1. The zero-order valence-electron chi connectivity index (χ0n) is 19.4. The van der Waals surface area contributed by atoms with E-state index < -0.39 is 17.2 Å². The predicted octanol–water partition coefficient (Wildman–Crippen LogP) is 3.71. The number of amides is 1. The molecule has 6 rings (SSSR count). The van der Waals surface area contributed by atoms with Gasteiger partial charge in [-0.05, 0) is 32.2 Å². The van der Waals surface area contributed by atoms with Gasteiger partial charge in [-0.2, -0.15) is 0 Å². The minimum Gasteiger partial charge on any atom is -0.487 e. The molecule has 8 nitrogen and oxygen atoms in total. The molecule has 0 aliphatic carbocycles. The van der Waals surface area contributed by atoms with Crippen LogP contribution >= 0.6 is 11.3 Å². The predicted molar refractivity (Wildman–Crippen MR) is 136 cm³/mol. The van der Waals surface area contributed by atoms with Crippen LogP contribution in [0.5, 0.6) is 5.75 Å². The molecule has 4 heterocycles. The van der Waals surface area contributed by atoms with Crippen LogP contribution in [0.4, 0.5) is 15.2 Å². The zero-order chi connectivity index (χ0) is 24.3. The Morgan fingerprint density at radius 1 is 1.23 bits per heavy atom. The van der Waals surface area contributed by atoms with E-state index in [0.29, 0.717) is 41.8 Å². The Morgan fingerprint density at radius 2 is 2.00 bits per heavy atom. The van der Waals surface area contributed by atoms with Gasteiger partial charge in [-0.1, -0.05) is 23.5 Å². The van der Waals surface area contributed by atoms with Crippen molar-refractivity contribution in [2.24, 2.45) is 0 Å². The minimum absolute atomic E-state index is 0.0526. The first-order chi connectivity index (χ1) is 16.9. The zero-order valence-corrected chi connectivity index (χ0v) is 20.2. The molecule has 35 heavy (non-hydrogen) atoms. The molecule has 0 unspecified atom stereocenters. The number of benzene rings is 2. The standard InChI is InChI=1S/C25H24FN5O3S/c1-14-13-34-23-20-15(11-17(26)21(23)30-9-7-29(2)8-10-30)22(32)16(12-31(14)20)24(33)28-25-27-18-5-3-4-6-19(18)35-25/h3-6,11-12,14H,7-10,13H2,1-2H3,(H,27,28,33)/t14-/m0/s1. The monoisotopic (exact) mass is 493 g/mol. The van der Waals surface area contributed by atoms with E-state index in [1.165, 1.54) is 17.4 Å². The summed E-state index contributed by atoms with van der Waals surface area (Å²) in [6.07, 6.45) is 1.57. The number of halogens is 1. The van der Waals surface area contributed by atoms with Crippen molar-refractivity contribution in [3.8, 4) is 5.75 Å². The number of likely N-dealkylation sites (N-methyl/N-ethyl adjacent to an activating group) is 1. The molecular weight excluding hydrogens is 469 g/mol. The van der Waals surface area contributed by atoms with Crippen molar-refractivity contribution in [3.05, 3.63) is 58.1 Å². The lowest BCUT2D eigenvalue weighted by Crippen LogP contribution is -2.45. The van der Waals surface area contributed by atoms with Gasteiger partial charge < -0.3 is 19.1 Å². The van der Waals surface area contributed by atoms with Gasteiger partial charge in [0.15, 0.2) is 16.7 Å². The van der Waals surface area contributed by atoms with Crippen molar-refractivity contribution in [2.45, 2.75) is 13.0 Å². The first-order valence-corrected chi connectivity index (χ1v) is 12.4. The van der Waals surface area contributed by atoms with Gasteiger partial charge in [0, 0.05) is 32.4 Å². The third-order valence-corrected chi connectivity index (χ3v) is 7.67. The van der Waals surface area contributed by atoms with Crippen LogP contribution in [0, 0.1) is 5.82 Å². The van der Waals surface area contributed by atoms with Crippen LogP contribution in [0.15, 0.2) is 41.3 Å². The third kappa shape index (κ3) is 3.64. The maximum atomic E-state index is 15.5. The molecule has 2 aliphatic heterocycles. The number of pyridine rings is 1. The van der Waals surface area contributed by atoms with Crippen LogP contribution in [-0.4, -0.2) is 60.2 Å². The second kappa shape index (κ2) is 8.31. The highest BCUT2D eigenvalue weighted by molar-refractivity contribution is 7.22. The van der Waals surface area contributed by atoms with Crippen molar-refractivity contribution in [3.63, 3.8) is 0 Å². The molecule has 2 aromatic carbocycles. The van der Waals surface area contributed by atoms with E-state index in [2.05, 4.69) is 15.2 Å². The second-order valence-corrected chi connectivity index (χ2v) is 10.1. The summed E-state index contributed by atoms with van der Waals surface area (Å²) < 4.78 is 24.3. The SMILES string of the molecule is C[C@H]1COc2c(N3CCN(C)CC3)c(F)cc3c(=O)c(C(=O)Nc4nc5ccccc5s4)cn1c23. The Hall–Kier alpha value is -3.50. The number of aromatic nitrogens is 2. The Kier molecular flexibility index (Phi) is 5.23. The molecule has 2 aromatic heterocycles. The molecule has 0 spiro atoms. The smallest absolute Gasteiger partial charge is 0.262 e. The number of nitrogens with zero attached hydrogens (tertiary/aromatic N) is 4. The van der Waals surface area contributed by atoms with Crippen LogP contribution in [0.1, 0.15) is 23.3 Å². The number of hydrogen-bond donors (Lipinski definition) is 1. The van der Waals surface area contributed by atoms with Crippen molar-refractivity contribution >= 4 is 49.2 Å². The molecule has 1 fully saturated rings. The summed E-state index contributed by atoms with van der Waals surface area (Å²) in [6, 6.07) is 8.67. The molecule has 180 valence electrons. The highest BCUT2D eigenvalue weighted by Gasteiger charge is 2.31. The number of thiazole rings is 1. The number of hydrogen-bond acceptors (Lipinski definition) is 7. The molecule has 0 saturated carbocycles. The number of nitrogens with one attached hydrogen (secondary N) is 1. The van der Waals surface area contributed by atoms with Crippen LogP contribution < -0.4 is 20.4 Å². The lowest BCUT2D eigenvalue weighted by molar-refractivity contribution is 0.102. The number of piperazine rings is 1.